The first-order chi connectivity index (χ1) is 17.6. The highest BCUT2D eigenvalue weighted by Gasteiger charge is 2.75. The molecule has 9 nitrogen and oxygen atoms in total. The zero-order valence-corrected chi connectivity index (χ0v) is 23.4. The second-order valence-electron chi connectivity index (χ2n) is 11.1. The van der Waals surface area contributed by atoms with Crippen molar-refractivity contribution in [1.82, 2.24) is 15.2 Å². The number of thiazole rings is 1. The molecule has 5 fully saturated rings. The number of carbonyl (C=O) groups is 4. The molecule has 0 spiro atoms. The van der Waals surface area contributed by atoms with Gasteiger partial charge in [0.15, 0.2) is 6.10 Å². The van der Waals surface area contributed by atoms with E-state index in [1.54, 1.807) is 17.3 Å². The molecule has 8 atom stereocenters. The Bertz CT molecular complexity index is 1030. The van der Waals surface area contributed by atoms with Gasteiger partial charge in [-0.1, -0.05) is 34.6 Å². The van der Waals surface area contributed by atoms with Crippen molar-refractivity contribution >= 4 is 35.1 Å². The molecule has 5 aliphatic carbocycles. The molecule has 1 N–H and O–H groups in total. The number of rotatable bonds is 12. The lowest BCUT2D eigenvalue weighted by atomic mass is 9.50. The number of ether oxygens (including phenoxy) is 2. The van der Waals surface area contributed by atoms with Gasteiger partial charge in [0.05, 0.1) is 13.0 Å². The molecule has 0 aromatic carbocycles. The molecular weight excluding hydrogens is 506 g/mol. The van der Waals surface area contributed by atoms with Gasteiger partial charge in [0.2, 0.25) is 5.91 Å². The predicted octanol–water partition coefficient (Wildman–Crippen LogP) is 4.23. The van der Waals surface area contributed by atoms with E-state index in [0.717, 1.165) is 19.3 Å². The number of carbonyl (C=O) groups excluding carboxylic acids is 4. The lowest BCUT2D eigenvalue weighted by Crippen LogP contribution is -2.65. The Labute approximate surface area is 230 Å². The van der Waals surface area contributed by atoms with Crippen molar-refractivity contribution in [1.29, 1.82) is 0 Å². The second-order valence-corrected chi connectivity index (χ2v) is 12.0. The quantitative estimate of drug-likeness (QED) is 0.388. The van der Waals surface area contributed by atoms with Crippen molar-refractivity contribution in [3.63, 3.8) is 0 Å². The fourth-order valence-electron chi connectivity index (χ4n) is 6.88. The van der Waals surface area contributed by atoms with Gasteiger partial charge in [0.1, 0.15) is 10.7 Å². The average molecular weight is 550 g/mol. The van der Waals surface area contributed by atoms with Crippen LogP contribution in [0.1, 0.15) is 88.8 Å². The first kappa shape index (κ1) is 30.1. The standard InChI is InChI=1S/C27H39N3O6S.CH4/c1-7-8-9-20(32)30(5)18(13(2)3)11-19(36-14(4)31)26-28-17(12-37-26)25(33)29-24-16-10-15-22(24)21(16)23(15)27(34)35-6;/h12-13,15-16,18-19,21-24H,7-11H2,1-6H3,(H,29,33);1H4/t15?,16?,18?,19?,21?,22-,23?,24?;/m1./s1. The molecule has 4 bridgehead atoms. The zero-order chi connectivity index (χ0) is 27.0. The fraction of sp³-hybridized carbons (Fsp3) is 0.750. The summed E-state index contributed by atoms with van der Waals surface area (Å²) in [5.41, 5.74) is 0.301. The van der Waals surface area contributed by atoms with Crippen LogP contribution in [0, 0.1) is 35.5 Å². The molecule has 1 aromatic heterocycles. The van der Waals surface area contributed by atoms with E-state index in [1.165, 1.54) is 25.4 Å². The number of esters is 2. The number of nitrogens with zero attached hydrogens (tertiary/aromatic N) is 2. The van der Waals surface area contributed by atoms with Crippen LogP contribution in [0.4, 0.5) is 0 Å². The Balaban J connectivity index is 0.00000400. The zero-order valence-electron chi connectivity index (χ0n) is 22.6. The molecule has 1 heterocycles. The summed E-state index contributed by atoms with van der Waals surface area (Å²) in [6.07, 6.45) is 2.98. The second kappa shape index (κ2) is 12.1. The van der Waals surface area contributed by atoms with Gasteiger partial charge in [0, 0.05) is 44.3 Å². The van der Waals surface area contributed by atoms with Crippen molar-refractivity contribution < 1.29 is 28.7 Å². The van der Waals surface area contributed by atoms with Crippen molar-refractivity contribution in [2.75, 3.05) is 14.2 Å². The molecule has 2 amide bonds. The van der Waals surface area contributed by atoms with E-state index >= 15 is 0 Å². The molecule has 7 unspecified atom stereocenters. The number of aromatic nitrogens is 1. The fourth-order valence-corrected chi connectivity index (χ4v) is 7.72. The van der Waals surface area contributed by atoms with Gasteiger partial charge in [-0.05, 0) is 42.4 Å². The Morgan fingerprint density at radius 1 is 1.21 bits per heavy atom. The van der Waals surface area contributed by atoms with Crippen LogP contribution in [0.2, 0.25) is 0 Å². The number of amides is 2. The first-order valence-electron chi connectivity index (χ1n) is 13.4. The smallest absolute Gasteiger partial charge is 0.309 e. The lowest BCUT2D eigenvalue weighted by molar-refractivity contribution is -0.167. The van der Waals surface area contributed by atoms with E-state index in [-0.39, 0.29) is 49.1 Å². The summed E-state index contributed by atoms with van der Waals surface area (Å²) in [6.45, 7) is 7.50. The van der Waals surface area contributed by atoms with Crippen LogP contribution in [0.5, 0.6) is 0 Å². The van der Waals surface area contributed by atoms with Crippen LogP contribution in [0.15, 0.2) is 5.38 Å². The molecule has 38 heavy (non-hydrogen) atoms. The number of unbranched alkanes of at least 4 members (excludes halogenated alkanes) is 1. The maximum atomic E-state index is 13.0. The summed E-state index contributed by atoms with van der Waals surface area (Å²) in [5.74, 6) is 0.700. The third kappa shape index (κ3) is 5.46. The highest BCUT2D eigenvalue weighted by Crippen LogP contribution is 2.72. The predicted molar refractivity (Wildman–Crippen MR) is 144 cm³/mol. The third-order valence-corrected chi connectivity index (χ3v) is 9.64. The molecule has 5 saturated carbocycles. The van der Waals surface area contributed by atoms with Crippen LogP contribution in [0.25, 0.3) is 0 Å². The van der Waals surface area contributed by atoms with Crippen LogP contribution >= 0.6 is 11.3 Å². The van der Waals surface area contributed by atoms with E-state index in [0.29, 0.717) is 47.2 Å². The molecule has 0 radical (unpaired) electrons. The van der Waals surface area contributed by atoms with Crippen LogP contribution in [-0.4, -0.2) is 59.9 Å². The maximum Gasteiger partial charge on any atom is 0.309 e. The minimum absolute atomic E-state index is 0. The van der Waals surface area contributed by atoms with Crippen LogP contribution < -0.4 is 5.32 Å². The topological polar surface area (TPSA) is 115 Å². The highest BCUT2D eigenvalue weighted by molar-refractivity contribution is 7.09. The van der Waals surface area contributed by atoms with E-state index in [9.17, 15) is 19.2 Å². The van der Waals surface area contributed by atoms with E-state index in [2.05, 4.69) is 17.2 Å². The number of nitrogens with one attached hydrogen (secondary N) is 1. The van der Waals surface area contributed by atoms with Gasteiger partial charge in [-0.2, -0.15) is 0 Å². The minimum Gasteiger partial charge on any atom is -0.469 e. The van der Waals surface area contributed by atoms with Gasteiger partial charge < -0.3 is 19.7 Å². The van der Waals surface area contributed by atoms with Crippen molar-refractivity contribution in [3.05, 3.63) is 16.1 Å². The SMILES string of the molecule is C.CCCCC(=O)N(C)C(CC(OC(C)=O)c1nc(C(=O)NC2C3CC4C(C(=O)OC)C3[C@@H]42)cs1)C(C)C. The van der Waals surface area contributed by atoms with E-state index in [4.69, 9.17) is 9.47 Å². The normalized spacial score (nSPS) is 27.8. The number of hydrogen-bond donors (Lipinski definition) is 1. The highest BCUT2D eigenvalue weighted by atomic mass is 32.1. The van der Waals surface area contributed by atoms with Gasteiger partial charge in [-0.15, -0.1) is 11.3 Å². The number of methoxy groups -OCH3 is 1. The van der Waals surface area contributed by atoms with Crippen LogP contribution in [-0.2, 0) is 23.9 Å². The van der Waals surface area contributed by atoms with E-state index < -0.39 is 12.1 Å². The third-order valence-electron chi connectivity index (χ3n) is 8.70. The Kier molecular flexibility index (Phi) is 9.60. The molecule has 6 rings (SSSR count). The molecule has 5 aliphatic rings. The maximum absolute atomic E-state index is 13.0. The molecule has 10 heteroatoms. The van der Waals surface area contributed by atoms with Crippen LogP contribution in [0.3, 0.4) is 0 Å². The summed E-state index contributed by atoms with van der Waals surface area (Å²) in [5, 5.41) is 5.37. The van der Waals surface area contributed by atoms with Gasteiger partial charge in [0.25, 0.3) is 5.91 Å². The van der Waals surface area contributed by atoms with Crippen molar-refractivity contribution in [2.24, 2.45) is 35.5 Å². The summed E-state index contributed by atoms with van der Waals surface area (Å²) in [6, 6.07) is -0.0686. The summed E-state index contributed by atoms with van der Waals surface area (Å²) in [4.78, 5) is 56.0. The van der Waals surface area contributed by atoms with Crippen molar-refractivity contribution in [3.8, 4) is 0 Å². The Hall–Kier alpha value is -2.49. The molecule has 1 aromatic rings. The monoisotopic (exact) mass is 549 g/mol. The summed E-state index contributed by atoms with van der Waals surface area (Å²) in [7, 11) is 3.23. The Morgan fingerprint density at radius 3 is 2.47 bits per heavy atom. The number of hydrogen-bond acceptors (Lipinski definition) is 8. The molecule has 212 valence electrons. The average Bonchev–Trinajstić information content (AvgIpc) is 3.62. The van der Waals surface area contributed by atoms with Gasteiger partial charge >= 0.3 is 11.9 Å². The molecule has 0 aliphatic heterocycles. The molecule has 0 saturated heterocycles. The van der Waals surface area contributed by atoms with Crippen molar-refractivity contribution in [2.45, 2.75) is 85.4 Å². The Morgan fingerprint density at radius 2 is 1.92 bits per heavy atom. The summed E-state index contributed by atoms with van der Waals surface area (Å²) < 4.78 is 10.6. The van der Waals surface area contributed by atoms with Gasteiger partial charge in [-0.3, -0.25) is 19.2 Å². The van der Waals surface area contributed by atoms with E-state index in [1.807, 2.05) is 13.8 Å². The molecular formula is C28H43N3O6S. The largest absolute Gasteiger partial charge is 0.469 e. The van der Waals surface area contributed by atoms with Gasteiger partial charge in [-0.25, -0.2) is 4.98 Å². The summed E-state index contributed by atoms with van der Waals surface area (Å²) >= 11 is 1.29. The lowest BCUT2D eigenvalue weighted by Gasteiger charge is -2.56. The first-order valence-corrected chi connectivity index (χ1v) is 14.2. The minimum atomic E-state index is -0.647.